The summed E-state index contributed by atoms with van der Waals surface area (Å²) < 4.78 is 82.1. The number of hydrogen-bond acceptors (Lipinski definition) is 4. The zero-order valence-corrected chi connectivity index (χ0v) is 15.2. The molecule has 1 rings (SSSR count). The van der Waals surface area contributed by atoms with Crippen LogP contribution < -0.4 is 5.32 Å². The van der Waals surface area contributed by atoms with Gasteiger partial charge in [0, 0.05) is 6.17 Å². The van der Waals surface area contributed by atoms with E-state index < -0.39 is 51.0 Å². The van der Waals surface area contributed by atoms with Gasteiger partial charge in [0.1, 0.15) is 5.69 Å². The third kappa shape index (κ3) is 5.69. The predicted octanol–water partition coefficient (Wildman–Crippen LogP) is 2.99. The second-order valence-electron chi connectivity index (χ2n) is 5.40. The molecule has 0 heterocycles. The van der Waals surface area contributed by atoms with E-state index in [1.165, 1.54) is 0 Å². The smallest absolute Gasteiger partial charge is 0.262 e. The SMILES string of the molecule is CC(C)OC(O[SiH2]CNc1c(F)c(F)c(F)c(F)c1F)OC(C)C. The molecule has 0 spiro atoms. The standard InChI is InChI=1S/C14H20F5NO3Si/c1-6(2)21-14(22-7(3)4)23-24-5-20-13-11(18)9(16)8(15)10(17)12(13)19/h6-7,14,20H,5,24H2,1-4H3. The second-order valence-corrected chi connectivity index (χ2v) is 6.64. The first kappa shape index (κ1) is 20.8. The fourth-order valence-corrected chi connectivity index (χ4v) is 2.47. The van der Waals surface area contributed by atoms with Crippen LogP contribution >= 0.6 is 0 Å². The van der Waals surface area contributed by atoms with Gasteiger partial charge in [-0.05, 0) is 27.7 Å². The van der Waals surface area contributed by atoms with Gasteiger partial charge in [0.05, 0.1) is 12.2 Å². The lowest BCUT2D eigenvalue weighted by molar-refractivity contribution is -0.275. The summed E-state index contributed by atoms with van der Waals surface area (Å²) in [5.74, 6) is -10.0. The average molecular weight is 373 g/mol. The van der Waals surface area contributed by atoms with E-state index in [2.05, 4.69) is 5.32 Å². The summed E-state index contributed by atoms with van der Waals surface area (Å²) in [5.41, 5.74) is -1.08. The van der Waals surface area contributed by atoms with Crippen LogP contribution in [-0.4, -0.2) is 34.6 Å². The number of rotatable bonds is 9. The third-order valence-electron chi connectivity index (χ3n) is 2.63. The summed E-state index contributed by atoms with van der Waals surface area (Å²) in [4.78, 5) is 0. The van der Waals surface area contributed by atoms with Crippen LogP contribution in [0.4, 0.5) is 27.6 Å². The highest BCUT2D eigenvalue weighted by atomic mass is 28.2. The molecule has 1 aromatic carbocycles. The lowest BCUT2D eigenvalue weighted by Crippen LogP contribution is -2.30. The van der Waals surface area contributed by atoms with Crippen molar-refractivity contribution in [2.45, 2.75) is 46.4 Å². The lowest BCUT2D eigenvalue weighted by atomic mass is 10.2. The van der Waals surface area contributed by atoms with E-state index in [1.54, 1.807) is 27.7 Å². The van der Waals surface area contributed by atoms with Crippen molar-refractivity contribution >= 4 is 15.5 Å². The molecule has 10 heteroatoms. The molecule has 0 saturated carbocycles. The Bertz CT molecular complexity index is 521. The van der Waals surface area contributed by atoms with E-state index in [4.69, 9.17) is 13.9 Å². The summed E-state index contributed by atoms with van der Waals surface area (Å²) in [6.45, 7) is 6.14. The van der Waals surface area contributed by atoms with Gasteiger partial charge in [0.15, 0.2) is 33.0 Å². The Morgan fingerprint density at radius 2 is 1.21 bits per heavy atom. The fourth-order valence-electron chi connectivity index (χ4n) is 1.65. The molecule has 1 N–H and O–H groups in total. The summed E-state index contributed by atoms with van der Waals surface area (Å²) in [6.07, 6.45) is -0.436. The topological polar surface area (TPSA) is 39.7 Å². The summed E-state index contributed by atoms with van der Waals surface area (Å²) in [7, 11) is -1.47. The first-order chi connectivity index (χ1) is 11.1. The Hall–Kier alpha value is -1.23. The molecule has 1 aromatic rings. The Kier molecular flexibility index (Phi) is 8.07. The molecule has 0 radical (unpaired) electrons. The summed E-state index contributed by atoms with van der Waals surface area (Å²) >= 11 is 0. The van der Waals surface area contributed by atoms with E-state index in [0.29, 0.717) is 0 Å². The monoisotopic (exact) mass is 373 g/mol. The summed E-state index contributed by atoms with van der Waals surface area (Å²) in [5, 5.41) is 2.18. The maximum atomic E-state index is 13.5. The van der Waals surface area contributed by atoms with Crippen molar-refractivity contribution < 1.29 is 35.9 Å². The lowest BCUT2D eigenvalue weighted by Gasteiger charge is -2.23. The van der Waals surface area contributed by atoms with Gasteiger partial charge in [-0.25, -0.2) is 22.0 Å². The van der Waals surface area contributed by atoms with Gasteiger partial charge in [-0.2, -0.15) is 0 Å². The zero-order chi connectivity index (χ0) is 18.4. The first-order valence-corrected chi connectivity index (χ1v) is 8.90. The number of benzene rings is 1. The minimum Gasteiger partial charge on any atom is -0.381 e. The molecule has 0 unspecified atom stereocenters. The highest BCUT2D eigenvalue weighted by Gasteiger charge is 2.25. The number of anilines is 1. The Morgan fingerprint density at radius 3 is 1.62 bits per heavy atom. The largest absolute Gasteiger partial charge is 0.381 e. The van der Waals surface area contributed by atoms with E-state index in [9.17, 15) is 22.0 Å². The van der Waals surface area contributed by atoms with Crippen LogP contribution in [0.5, 0.6) is 0 Å². The number of ether oxygens (including phenoxy) is 2. The Balaban J connectivity index is 2.64. The van der Waals surface area contributed by atoms with Crippen LogP contribution in [0.15, 0.2) is 0 Å². The molecule has 0 amide bonds. The van der Waals surface area contributed by atoms with Crippen molar-refractivity contribution in [3.05, 3.63) is 29.1 Å². The normalized spacial score (nSPS) is 12.3. The minimum absolute atomic E-state index is 0.0856. The minimum atomic E-state index is -2.19. The van der Waals surface area contributed by atoms with Crippen molar-refractivity contribution in [3.8, 4) is 0 Å². The van der Waals surface area contributed by atoms with Crippen LogP contribution in [0.25, 0.3) is 0 Å². The van der Waals surface area contributed by atoms with Gasteiger partial charge in [0.2, 0.25) is 5.82 Å². The van der Waals surface area contributed by atoms with Gasteiger partial charge < -0.3 is 19.2 Å². The molecule has 0 aliphatic heterocycles. The van der Waals surface area contributed by atoms with Crippen LogP contribution in [-0.2, 0) is 13.9 Å². The highest BCUT2D eigenvalue weighted by molar-refractivity contribution is 6.28. The molecule has 0 atom stereocenters. The Morgan fingerprint density at radius 1 is 0.792 bits per heavy atom. The summed E-state index contributed by atoms with van der Waals surface area (Å²) in [6, 6.07) is 0. The molecule has 0 bridgehead atoms. The van der Waals surface area contributed by atoms with E-state index in [1.807, 2.05) is 0 Å². The Labute approximate surface area is 139 Å². The van der Waals surface area contributed by atoms with Crippen molar-refractivity contribution in [1.29, 1.82) is 0 Å². The van der Waals surface area contributed by atoms with Crippen LogP contribution in [0.3, 0.4) is 0 Å². The van der Waals surface area contributed by atoms with Crippen LogP contribution in [0.1, 0.15) is 27.7 Å². The number of halogens is 5. The van der Waals surface area contributed by atoms with Gasteiger partial charge >= 0.3 is 0 Å². The van der Waals surface area contributed by atoms with E-state index >= 15 is 0 Å². The van der Waals surface area contributed by atoms with Gasteiger partial charge in [0.25, 0.3) is 6.48 Å². The van der Waals surface area contributed by atoms with Crippen LogP contribution in [0, 0.1) is 29.1 Å². The highest BCUT2D eigenvalue weighted by Crippen LogP contribution is 2.26. The number of nitrogens with one attached hydrogen (secondary N) is 1. The first-order valence-electron chi connectivity index (χ1n) is 7.33. The molecule has 138 valence electrons. The molecule has 0 aromatic heterocycles. The molecule has 0 aliphatic rings. The van der Waals surface area contributed by atoms with Crippen LogP contribution in [0.2, 0.25) is 0 Å². The number of hydrogen-bond donors (Lipinski definition) is 1. The van der Waals surface area contributed by atoms with Crippen molar-refractivity contribution in [3.63, 3.8) is 0 Å². The van der Waals surface area contributed by atoms with Gasteiger partial charge in [-0.3, -0.25) is 0 Å². The molecule has 4 nitrogen and oxygen atoms in total. The maximum Gasteiger partial charge on any atom is 0.262 e. The molecular formula is C14H20F5NO3Si. The molecule has 24 heavy (non-hydrogen) atoms. The molecular weight excluding hydrogens is 353 g/mol. The van der Waals surface area contributed by atoms with E-state index in [0.717, 1.165) is 0 Å². The van der Waals surface area contributed by atoms with Gasteiger partial charge in [-0.1, -0.05) is 0 Å². The van der Waals surface area contributed by atoms with Gasteiger partial charge in [-0.15, -0.1) is 0 Å². The van der Waals surface area contributed by atoms with Crippen molar-refractivity contribution in [1.82, 2.24) is 0 Å². The molecule has 0 saturated heterocycles. The second kappa shape index (κ2) is 9.30. The van der Waals surface area contributed by atoms with Crippen molar-refractivity contribution in [2.75, 3.05) is 11.5 Å². The third-order valence-corrected chi connectivity index (χ3v) is 3.60. The van der Waals surface area contributed by atoms with Crippen molar-refractivity contribution in [2.24, 2.45) is 0 Å². The average Bonchev–Trinajstić information content (AvgIpc) is 2.49. The molecule has 0 fully saturated rings. The molecule has 0 aliphatic carbocycles. The fraction of sp³-hybridized carbons (Fsp3) is 0.571. The maximum absolute atomic E-state index is 13.5. The predicted molar refractivity (Wildman–Crippen MR) is 80.6 cm³/mol. The quantitative estimate of drug-likeness (QED) is 0.180. The van der Waals surface area contributed by atoms with E-state index in [-0.39, 0.29) is 18.4 Å². The zero-order valence-electron chi connectivity index (χ0n) is 13.8.